The first kappa shape index (κ1) is 21.8. The van der Waals surface area contributed by atoms with Crippen LogP contribution in [0.3, 0.4) is 0 Å². The zero-order valence-corrected chi connectivity index (χ0v) is 18.3. The van der Waals surface area contributed by atoms with E-state index in [0.717, 1.165) is 12.0 Å². The molecule has 0 radical (unpaired) electrons. The van der Waals surface area contributed by atoms with Gasteiger partial charge in [0.1, 0.15) is 0 Å². The van der Waals surface area contributed by atoms with Crippen molar-refractivity contribution in [3.63, 3.8) is 0 Å². The third-order valence-corrected chi connectivity index (χ3v) is 5.42. The highest BCUT2D eigenvalue weighted by Gasteiger charge is 2.25. The molecule has 0 aromatic heterocycles. The molecule has 7 nitrogen and oxygen atoms in total. The van der Waals surface area contributed by atoms with Crippen LogP contribution in [-0.4, -0.2) is 51.6 Å². The number of rotatable bonds is 7. The maximum absolute atomic E-state index is 13.1. The highest BCUT2D eigenvalue weighted by molar-refractivity contribution is 6.34. The summed E-state index contributed by atoms with van der Waals surface area (Å²) in [5.74, 6) is 1.35. The van der Waals surface area contributed by atoms with Crippen LogP contribution in [0.5, 0.6) is 17.2 Å². The summed E-state index contributed by atoms with van der Waals surface area (Å²) in [6, 6.07) is 8.60. The average molecular weight is 433 g/mol. The number of carbonyl (C=O) groups is 2. The summed E-state index contributed by atoms with van der Waals surface area (Å²) < 4.78 is 16.2. The lowest BCUT2D eigenvalue weighted by Gasteiger charge is -2.22. The second kappa shape index (κ2) is 9.26. The smallest absolute Gasteiger partial charge is 0.253 e. The number of nitrogens with zero attached hydrogens (tertiary/aromatic N) is 2. The number of amides is 2. The molecule has 0 atom stereocenters. The van der Waals surface area contributed by atoms with E-state index < -0.39 is 0 Å². The van der Waals surface area contributed by atoms with Crippen LogP contribution in [0.2, 0.25) is 5.02 Å². The minimum atomic E-state index is -0.198. The van der Waals surface area contributed by atoms with E-state index in [9.17, 15) is 9.59 Å². The minimum absolute atomic E-state index is 0.0184. The summed E-state index contributed by atoms with van der Waals surface area (Å²) in [5.41, 5.74) is 1.80. The molecular weight excluding hydrogens is 408 g/mol. The van der Waals surface area contributed by atoms with E-state index in [0.29, 0.717) is 53.0 Å². The molecule has 2 amide bonds. The maximum Gasteiger partial charge on any atom is 0.253 e. The third kappa shape index (κ3) is 4.16. The summed E-state index contributed by atoms with van der Waals surface area (Å²) in [5, 5.41) is 0.450. The van der Waals surface area contributed by atoms with E-state index in [4.69, 9.17) is 25.8 Å². The summed E-state index contributed by atoms with van der Waals surface area (Å²) in [4.78, 5) is 28.4. The second-order valence-electron chi connectivity index (χ2n) is 6.97. The lowest BCUT2D eigenvalue weighted by Crippen LogP contribution is -2.28. The van der Waals surface area contributed by atoms with E-state index in [1.807, 2.05) is 6.07 Å². The molecule has 0 N–H and O–H groups in total. The first-order chi connectivity index (χ1) is 14.4. The number of hydrogen-bond donors (Lipinski definition) is 0. The second-order valence-corrected chi connectivity index (χ2v) is 7.38. The Morgan fingerprint density at radius 3 is 2.43 bits per heavy atom. The fourth-order valence-corrected chi connectivity index (χ4v) is 3.81. The average Bonchev–Trinajstić information content (AvgIpc) is 3.18. The molecule has 1 fully saturated rings. The van der Waals surface area contributed by atoms with Gasteiger partial charge in [-0.15, -0.1) is 0 Å². The van der Waals surface area contributed by atoms with Crippen molar-refractivity contribution in [1.29, 1.82) is 0 Å². The predicted octanol–water partition coefficient (Wildman–Crippen LogP) is 3.76. The van der Waals surface area contributed by atoms with Crippen LogP contribution in [0.25, 0.3) is 0 Å². The van der Waals surface area contributed by atoms with E-state index in [1.165, 1.54) is 7.11 Å². The zero-order valence-electron chi connectivity index (χ0n) is 17.5. The van der Waals surface area contributed by atoms with Gasteiger partial charge in [-0.05, 0) is 36.8 Å². The summed E-state index contributed by atoms with van der Waals surface area (Å²) in [6.45, 7) is 0.901. The van der Waals surface area contributed by atoms with Crippen LogP contribution in [0.1, 0.15) is 28.8 Å². The molecule has 8 heteroatoms. The molecule has 0 aliphatic carbocycles. The number of ether oxygens (including phenoxy) is 3. The van der Waals surface area contributed by atoms with Crippen molar-refractivity contribution in [2.24, 2.45) is 0 Å². The molecule has 2 aromatic rings. The van der Waals surface area contributed by atoms with Gasteiger partial charge in [0.2, 0.25) is 11.7 Å². The Morgan fingerprint density at radius 1 is 1.10 bits per heavy atom. The highest BCUT2D eigenvalue weighted by atomic mass is 35.5. The molecular formula is C22H25ClN2O5. The van der Waals surface area contributed by atoms with Crippen molar-refractivity contribution in [3.8, 4) is 17.2 Å². The van der Waals surface area contributed by atoms with Crippen molar-refractivity contribution in [2.75, 3.05) is 39.8 Å². The molecule has 0 saturated carbocycles. The SMILES string of the molecule is COc1ccc(CN(C)C(=O)c2ccc(Cl)c(N3CCCC3=O)c2)c(OC)c1OC. The monoisotopic (exact) mass is 432 g/mol. The molecule has 1 aliphatic rings. The van der Waals surface area contributed by atoms with Gasteiger partial charge in [0.25, 0.3) is 5.91 Å². The Hall–Kier alpha value is -2.93. The number of carbonyl (C=O) groups excluding carboxylic acids is 2. The summed E-state index contributed by atoms with van der Waals surface area (Å²) in [6.07, 6.45) is 1.28. The van der Waals surface area contributed by atoms with E-state index >= 15 is 0 Å². The van der Waals surface area contributed by atoms with Gasteiger partial charge in [0, 0.05) is 37.7 Å². The molecule has 30 heavy (non-hydrogen) atoms. The van der Waals surface area contributed by atoms with Gasteiger partial charge >= 0.3 is 0 Å². The number of halogens is 1. The third-order valence-electron chi connectivity index (χ3n) is 5.10. The minimum Gasteiger partial charge on any atom is -0.493 e. The molecule has 1 saturated heterocycles. The van der Waals surface area contributed by atoms with E-state index in [-0.39, 0.29) is 11.8 Å². The normalized spacial score (nSPS) is 13.4. The quantitative estimate of drug-likeness (QED) is 0.666. The van der Waals surface area contributed by atoms with Crippen molar-refractivity contribution in [2.45, 2.75) is 19.4 Å². The van der Waals surface area contributed by atoms with Gasteiger partial charge in [-0.1, -0.05) is 11.6 Å². The number of hydrogen-bond acceptors (Lipinski definition) is 5. The van der Waals surface area contributed by atoms with Gasteiger partial charge in [-0.25, -0.2) is 0 Å². The number of anilines is 1. The first-order valence-corrected chi connectivity index (χ1v) is 9.92. The highest BCUT2D eigenvalue weighted by Crippen LogP contribution is 2.40. The van der Waals surface area contributed by atoms with Crippen LogP contribution >= 0.6 is 11.6 Å². The lowest BCUT2D eigenvalue weighted by atomic mass is 10.1. The van der Waals surface area contributed by atoms with Crippen LogP contribution < -0.4 is 19.1 Å². The lowest BCUT2D eigenvalue weighted by molar-refractivity contribution is -0.117. The molecule has 2 aromatic carbocycles. The number of methoxy groups -OCH3 is 3. The topological polar surface area (TPSA) is 68.3 Å². The van der Waals surface area contributed by atoms with Crippen molar-refractivity contribution in [1.82, 2.24) is 4.90 Å². The van der Waals surface area contributed by atoms with Gasteiger partial charge in [0.15, 0.2) is 11.5 Å². The first-order valence-electron chi connectivity index (χ1n) is 9.54. The largest absolute Gasteiger partial charge is 0.493 e. The molecule has 0 bridgehead atoms. The van der Waals surface area contributed by atoms with E-state index in [1.54, 1.807) is 55.3 Å². The van der Waals surface area contributed by atoms with Crippen molar-refractivity contribution < 1.29 is 23.8 Å². The van der Waals surface area contributed by atoms with Gasteiger partial charge in [0.05, 0.1) is 32.0 Å². The van der Waals surface area contributed by atoms with Gasteiger partial charge in [-0.2, -0.15) is 0 Å². The Kier molecular flexibility index (Phi) is 6.72. The molecule has 1 heterocycles. The Balaban J connectivity index is 1.86. The Bertz CT molecular complexity index is 963. The van der Waals surface area contributed by atoms with Crippen LogP contribution in [0.4, 0.5) is 5.69 Å². The van der Waals surface area contributed by atoms with Crippen LogP contribution in [0, 0.1) is 0 Å². The molecule has 1 aliphatic heterocycles. The fourth-order valence-electron chi connectivity index (χ4n) is 3.59. The number of benzene rings is 2. The maximum atomic E-state index is 13.1. The summed E-state index contributed by atoms with van der Waals surface area (Å²) in [7, 11) is 6.33. The van der Waals surface area contributed by atoms with Crippen molar-refractivity contribution >= 4 is 29.1 Å². The zero-order chi connectivity index (χ0) is 21.8. The molecule has 0 unspecified atom stereocenters. The molecule has 0 spiro atoms. The molecule has 160 valence electrons. The Morgan fingerprint density at radius 2 is 1.83 bits per heavy atom. The van der Waals surface area contributed by atoms with Crippen LogP contribution in [-0.2, 0) is 11.3 Å². The van der Waals surface area contributed by atoms with Crippen molar-refractivity contribution in [3.05, 3.63) is 46.5 Å². The van der Waals surface area contributed by atoms with E-state index in [2.05, 4.69) is 0 Å². The van der Waals surface area contributed by atoms with Crippen LogP contribution in [0.15, 0.2) is 30.3 Å². The Labute approximate surface area is 181 Å². The predicted molar refractivity (Wildman–Crippen MR) is 115 cm³/mol. The van der Waals surface area contributed by atoms with Gasteiger partial charge in [-0.3, -0.25) is 9.59 Å². The summed E-state index contributed by atoms with van der Waals surface area (Å²) >= 11 is 6.30. The van der Waals surface area contributed by atoms with Gasteiger partial charge < -0.3 is 24.0 Å². The standard InChI is InChI=1S/C22H25ClN2O5/c1-24(13-15-8-10-18(28-2)21(30-4)20(15)29-3)22(27)14-7-9-16(23)17(12-14)25-11-5-6-19(25)26/h7-10,12H,5-6,11,13H2,1-4H3. The molecule has 3 rings (SSSR count). The fraction of sp³-hybridized carbons (Fsp3) is 0.364.